The van der Waals surface area contributed by atoms with Gasteiger partial charge in [0.2, 0.25) is 0 Å². The average molecular weight is 448 g/mol. The van der Waals surface area contributed by atoms with E-state index in [4.69, 9.17) is 16.1 Å². The van der Waals surface area contributed by atoms with Crippen molar-refractivity contribution in [3.05, 3.63) is 70.7 Å². The van der Waals surface area contributed by atoms with Crippen LogP contribution >= 0.6 is 40.1 Å². The number of halogens is 2. The molecule has 0 saturated carbocycles. The van der Waals surface area contributed by atoms with Gasteiger partial charge in [-0.3, -0.25) is 4.90 Å². The lowest BCUT2D eigenvalue weighted by molar-refractivity contribution is 0.219. The first kappa shape index (κ1) is 18.2. The van der Waals surface area contributed by atoms with Crippen molar-refractivity contribution >= 4 is 40.1 Å². The molecule has 0 aliphatic heterocycles. The molecule has 0 radical (unpaired) electrons. The number of hydrogen-bond acceptors (Lipinski definition) is 2. The molecule has 22 heavy (non-hydrogen) atoms. The lowest BCUT2D eigenvalue weighted by Gasteiger charge is -2.22. The van der Waals surface area contributed by atoms with Crippen LogP contribution in [0.2, 0.25) is 5.02 Å². The van der Waals surface area contributed by atoms with Crippen LogP contribution < -0.4 is 0 Å². The van der Waals surface area contributed by atoms with Crippen LogP contribution in [0.3, 0.4) is 0 Å². The van der Waals surface area contributed by atoms with Gasteiger partial charge in [-0.1, -0.05) is 54.1 Å². The van der Waals surface area contributed by atoms with Gasteiger partial charge >= 0.3 is 0 Å². The van der Waals surface area contributed by atoms with Crippen LogP contribution in [-0.4, -0.2) is 24.6 Å². The summed E-state index contributed by atoms with van der Waals surface area (Å²) < 4.78 is 5.52. The fourth-order valence-corrected chi connectivity index (χ4v) is 3.22. The predicted molar refractivity (Wildman–Crippen MR) is 105 cm³/mol. The van der Waals surface area contributed by atoms with Crippen molar-refractivity contribution in [1.82, 2.24) is 4.90 Å². The number of rotatable bonds is 9. The molecule has 2 aromatic rings. The highest BCUT2D eigenvalue weighted by Crippen LogP contribution is 2.21. The molecule has 0 fully saturated rings. The molecule has 0 spiro atoms. The zero-order chi connectivity index (χ0) is 15.6. The maximum atomic E-state index is 5.94. The molecule has 0 heterocycles. The van der Waals surface area contributed by atoms with Crippen molar-refractivity contribution in [2.24, 2.45) is 0 Å². The Bertz CT molecular complexity index is 538. The van der Waals surface area contributed by atoms with E-state index in [0.717, 1.165) is 37.7 Å². The van der Waals surface area contributed by atoms with E-state index < -0.39 is 0 Å². The van der Waals surface area contributed by atoms with E-state index in [1.807, 2.05) is 12.1 Å². The summed E-state index contributed by atoms with van der Waals surface area (Å²) in [7, 11) is 0. The summed E-state index contributed by atoms with van der Waals surface area (Å²) in [6.45, 7) is 4.25. The van der Waals surface area contributed by atoms with Crippen molar-refractivity contribution in [2.45, 2.75) is 13.0 Å². The second kappa shape index (κ2) is 10.6. The summed E-state index contributed by atoms with van der Waals surface area (Å²) in [5, 5.41) is 0.793. The SMILES string of the molecule is Clc1ccc(CCN(CCOPI)Cc2ccccc2)cc1. The molecule has 0 saturated heterocycles. The second-order valence-electron chi connectivity index (χ2n) is 5.06. The van der Waals surface area contributed by atoms with Gasteiger partial charge in [-0.15, -0.1) is 0 Å². The van der Waals surface area contributed by atoms with Gasteiger partial charge in [-0.25, -0.2) is 0 Å². The van der Waals surface area contributed by atoms with Gasteiger partial charge in [-0.2, -0.15) is 0 Å². The highest BCUT2D eigenvalue weighted by Gasteiger charge is 2.06. The Morgan fingerprint density at radius 2 is 1.68 bits per heavy atom. The normalized spacial score (nSPS) is 11.6. The fourth-order valence-electron chi connectivity index (χ4n) is 2.26. The van der Waals surface area contributed by atoms with E-state index in [1.54, 1.807) is 0 Å². The molecular formula is C17H20ClINOP. The van der Waals surface area contributed by atoms with Gasteiger partial charge in [0.05, 0.1) is 13.1 Å². The molecule has 0 aromatic heterocycles. The molecule has 0 N–H and O–H groups in total. The molecule has 118 valence electrons. The third-order valence-electron chi connectivity index (χ3n) is 3.44. The highest BCUT2D eigenvalue weighted by molar-refractivity contribution is 14.2. The summed E-state index contributed by atoms with van der Waals surface area (Å²) in [5.74, 6) is 0. The number of nitrogens with zero attached hydrogens (tertiary/aromatic N) is 1. The molecule has 1 atom stereocenters. The van der Waals surface area contributed by atoms with Gasteiger partial charge in [0.1, 0.15) is 0 Å². The molecule has 0 aliphatic carbocycles. The average Bonchev–Trinajstić information content (AvgIpc) is 2.55. The Balaban J connectivity index is 1.90. The van der Waals surface area contributed by atoms with Crippen molar-refractivity contribution in [3.8, 4) is 0 Å². The summed E-state index contributed by atoms with van der Waals surface area (Å²) in [4.78, 5) is 2.45. The molecule has 0 bridgehead atoms. The number of benzene rings is 2. The van der Waals surface area contributed by atoms with Gasteiger partial charge in [-0.05, 0) is 51.7 Å². The Kier molecular flexibility index (Phi) is 8.71. The van der Waals surface area contributed by atoms with Crippen LogP contribution in [0.15, 0.2) is 54.6 Å². The standard InChI is InChI=1S/C17H20ClINOP/c18-17-8-6-15(7-9-17)10-11-20(12-13-21-22-19)14-16-4-2-1-3-5-16/h1-9,22H,10-14H2. The molecule has 0 aliphatic rings. The zero-order valence-corrected chi connectivity index (χ0v) is 16.3. The van der Waals surface area contributed by atoms with E-state index in [2.05, 4.69) is 69.4 Å². The number of hydrogen-bond donors (Lipinski definition) is 0. The topological polar surface area (TPSA) is 12.5 Å². The summed E-state index contributed by atoms with van der Waals surface area (Å²) in [6, 6.07) is 18.7. The quantitative estimate of drug-likeness (QED) is 0.292. The fraction of sp³-hybridized carbons (Fsp3) is 0.294. The van der Waals surface area contributed by atoms with Crippen molar-refractivity contribution in [1.29, 1.82) is 0 Å². The van der Waals surface area contributed by atoms with E-state index >= 15 is 0 Å². The summed E-state index contributed by atoms with van der Waals surface area (Å²) in [5.41, 5.74) is 2.66. The van der Waals surface area contributed by atoms with E-state index in [-0.39, 0.29) is 0 Å². The lowest BCUT2D eigenvalue weighted by atomic mass is 10.1. The molecule has 2 aromatic carbocycles. The van der Waals surface area contributed by atoms with Crippen molar-refractivity contribution < 1.29 is 4.52 Å². The second-order valence-corrected chi connectivity index (χ2v) is 7.26. The Morgan fingerprint density at radius 3 is 2.36 bits per heavy atom. The highest BCUT2D eigenvalue weighted by atomic mass is 127. The van der Waals surface area contributed by atoms with Crippen LogP contribution in [0.1, 0.15) is 11.1 Å². The molecule has 5 heteroatoms. The van der Waals surface area contributed by atoms with Crippen molar-refractivity contribution in [3.63, 3.8) is 0 Å². The first-order valence-corrected chi connectivity index (χ1v) is 11.7. The maximum absolute atomic E-state index is 5.94. The molecular weight excluding hydrogens is 428 g/mol. The smallest absolute Gasteiger partial charge is 0.0794 e. The molecule has 1 unspecified atom stereocenters. The zero-order valence-electron chi connectivity index (χ0n) is 12.3. The molecule has 2 rings (SSSR count). The van der Waals surface area contributed by atoms with Crippen LogP contribution in [0.25, 0.3) is 0 Å². The summed E-state index contributed by atoms with van der Waals surface area (Å²) in [6.07, 6.45) is 1.02. The lowest BCUT2D eigenvalue weighted by Crippen LogP contribution is -2.28. The summed E-state index contributed by atoms with van der Waals surface area (Å²) >= 11 is 8.21. The minimum Gasteiger partial charge on any atom is -0.350 e. The van der Waals surface area contributed by atoms with Crippen LogP contribution in [-0.2, 0) is 17.5 Å². The van der Waals surface area contributed by atoms with Crippen LogP contribution in [0.5, 0.6) is 0 Å². The third-order valence-corrected chi connectivity index (χ3v) is 4.94. The van der Waals surface area contributed by atoms with Gasteiger partial charge in [0.25, 0.3) is 0 Å². The van der Waals surface area contributed by atoms with Gasteiger partial charge in [0, 0.05) is 24.7 Å². The Labute approximate surface area is 152 Å². The largest absolute Gasteiger partial charge is 0.350 e. The first-order chi connectivity index (χ1) is 10.8. The van der Waals surface area contributed by atoms with E-state index in [0.29, 0.717) is 6.45 Å². The van der Waals surface area contributed by atoms with Gasteiger partial charge in [0.15, 0.2) is 0 Å². The minimum atomic E-state index is 0.527. The Morgan fingerprint density at radius 1 is 0.955 bits per heavy atom. The Hall–Kier alpha value is -0.190. The monoisotopic (exact) mass is 447 g/mol. The van der Waals surface area contributed by atoms with Crippen molar-refractivity contribution in [2.75, 3.05) is 19.7 Å². The first-order valence-electron chi connectivity index (χ1n) is 7.26. The molecule has 0 amide bonds. The van der Waals surface area contributed by atoms with E-state index in [1.165, 1.54) is 11.1 Å². The van der Waals surface area contributed by atoms with E-state index in [9.17, 15) is 0 Å². The predicted octanol–water partition coefficient (Wildman–Crippen LogP) is 5.34. The maximum Gasteiger partial charge on any atom is 0.0794 e. The minimum absolute atomic E-state index is 0.527. The van der Waals surface area contributed by atoms with Gasteiger partial charge < -0.3 is 4.52 Å². The third kappa shape index (κ3) is 6.93. The van der Waals surface area contributed by atoms with Crippen LogP contribution in [0, 0.1) is 0 Å². The van der Waals surface area contributed by atoms with Crippen LogP contribution in [0.4, 0.5) is 0 Å². The molecule has 2 nitrogen and oxygen atoms in total.